The molecule has 0 radical (unpaired) electrons. The number of nitrogens with zero attached hydrogens (tertiary/aromatic N) is 2. The number of carbonyl (C=O) groups is 1. The van der Waals surface area contributed by atoms with Crippen LogP contribution in [0.5, 0.6) is 0 Å². The third-order valence-electron chi connectivity index (χ3n) is 2.06. The van der Waals surface area contributed by atoms with Gasteiger partial charge in [0, 0.05) is 27.2 Å². The molecule has 0 aliphatic carbocycles. The molecule has 5 nitrogen and oxygen atoms in total. The van der Waals surface area contributed by atoms with Gasteiger partial charge in [-0.1, -0.05) is 0 Å². The molecular weight excluding hydrogens is 180 g/mol. The molecule has 1 aliphatic rings. The Morgan fingerprint density at radius 1 is 1.64 bits per heavy atom. The minimum absolute atomic E-state index is 0.0556. The maximum atomic E-state index is 11.5. The number of aliphatic imine (C=N–C) groups is 1. The van der Waals surface area contributed by atoms with Crippen molar-refractivity contribution in [2.45, 2.75) is 19.4 Å². The average molecular weight is 198 g/mol. The number of hydrogen-bond donors (Lipinski definition) is 2. The maximum absolute atomic E-state index is 11.5. The van der Waals surface area contributed by atoms with E-state index in [-0.39, 0.29) is 11.9 Å². The third-order valence-corrected chi connectivity index (χ3v) is 2.06. The Balaban J connectivity index is 2.43. The average Bonchev–Trinajstić information content (AvgIpc) is 2.18. The number of nitrogens with one attached hydrogen (secondary N) is 2. The number of rotatable bonds is 2. The molecule has 0 saturated heterocycles. The minimum atomic E-state index is -0.227. The summed E-state index contributed by atoms with van der Waals surface area (Å²) >= 11 is 0. The molecule has 1 amide bonds. The first-order valence-corrected chi connectivity index (χ1v) is 4.87. The van der Waals surface area contributed by atoms with E-state index in [1.54, 1.807) is 19.0 Å². The van der Waals surface area contributed by atoms with Crippen LogP contribution in [0.1, 0.15) is 13.3 Å². The maximum Gasteiger partial charge on any atom is 0.244 e. The van der Waals surface area contributed by atoms with Crippen LogP contribution in [-0.2, 0) is 4.79 Å². The van der Waals surface area contributed by atoms with Crippen LogP contribution in [0.25, 0.3) is 0 Å². The molecule has 0 aromatic rings. The number of amides is 1. The van der Waals surface area contributed by atoms with E-state index in [1.165, 1.54) is 0 Å². The molecule has 80 valence electrons. The fraction of sp³-hybridized carbons (Fsp3) is 0.778. The van der Waals surface area contributed by atoms with Crippen LogP contribution in [-0.4, -0.2) is 50.0 Å². The summed E-state index contributed by atoms with van der Waals surface area (Å²) < 4.78 is 0. The number of likely N-dealkylation sites (N-methyl/N-ethyl adjacent to an activating group) is 1. The van der Waals surface area contributed by atoms with Gasteiger partial charge in [-0.2, -0.15) is 0 Å². The highest BCUT2D eigenvalue weighted by atomic mass is 16.2. The van der Waals surface area contributed by atoms with Gasteiger partial charge in [-0.25, -0.2) is 0 Å². The van der Waals surface area contributed by atoms with Crippen molar-refractivity contribution in [2.24, 2.45) is 4.99 Å². The Hall–Kier alpha value is -1.26. The molecule has 5 heteroatoms. The lowest BCUT2D eigenvalue weighted by atomic mass is 10.3. The zero-order valence-corrected chi connectivity index (χ0v) is 9.00. The van der Waals surface area contributed by atoms with Crippen molar-refractivity contribution in [3.8, 4) is 0 Å². The van der Waals surface area contributed by atoms with Gasteiger partial charge in [0.05, 0.1) is 0 Å². The van der Waals surface area contributed by atoms with Crippen LogP contribution < -0.4 is 10.6 Å². The summed E-state index contributed by atoms with van der Waals surface area (Å²) in [6.07, 6.45) is 1.06. The Kier molecular flexibility index (Phi) is 3.73. The lowest BCUT2D eigenvalue weighted by Gasteiger charge is -2.22. The van der Waals surface area contributed by atoms with Crippen molar-refractivity contribution in [2.75, 3.05) is 27.2 Å². The van der Waals surface area contributed by atoms with Crippen LogP contribution in [0, 0.1) is 0 Å². The predicted octanol–water partition coefficient (Wildman–Crippen LogP) is -0.598. The first kappa shape index (κ1) is 10.8. The summed E-state index contributed by atoms with van der Waals surface area (Å²) in [6.45, 7) is 3.59. The number of hydrogen-bond acceptors (Lipinski definition) is 4. The molecule has 0 aromatic carbocycles. The Bertz CT molecular complexity index is 237. The molecule has 1 aliphatic heterocycles. The molecule has 1 atom stereocenters. The van der Waals surface area contributed by atoms with Gasteiger partial charge in [-0.3, -0.25) is 9.79 Å². The lowest BCUT2D eigenvalue weighted by molar-refractivity contribution is -0.130. The van der Waals surface area contributed by atoms with Gasteiger partial charge >= 0.3 is 0 Å². The van der Waals surface area contributed by atoms with Crippen LogP contribution in [0.15, 0.2) is 4.99 Å². The molecule has 14 heavy (non-hydrogen) atoms. The van der Waals surface area contributed by atoms with Gasteiger partial charge in [0.2, 0.25) is 5.91 Å². The van der Waals surface area contributed by atoms with Crippen LogP contribution in [0.4, 0.5) is 0 Å². The van der Waals surface area contributed by atoms with Gasteiger partial charge in [-0.05, 0) is 13.3 Å². The molecule has 1 unspecified atom stereocenters. The Morgan fingerprint density at radius 3 is 2.86 bits per heavy atom. The van der Waals surface area contributed by atoms with Gasteiger partial charge < -0.3 is 15.5 Å². The van der Waals surface area contributed by atoms with Gasteiger partial charge in [0.1, 0.15) is 6.04 Å². The van der Waals surface area contributed by atoms with Crippen molar-refractivity contribution in [1.82, 2.24) is 15.5 Å². The fourth-order valence-electron chi connectivity index (χ4n) is 1.28. The summed E-state index contributed by atoms with van der Waals surface area (Å²) in [4.78, 5) is 17.3. The van der Waals surface area contributed by atoms with Crippen molar-refractivity contribution in [3.63, 3.8) is 0 Å². The van der Waals surface area contributed by atoms with E-state index in [0.717, 1.165) is 25.5 Å². The summed E-state index contributed by atoms with van der Waals surface area (Å²) in [5.41, 5.74) is 0. The second-order valence-electron chi connectivity index (χ2n) is 3.61. The van der Waals surface area contributed by atoms with Gasteiger partial charge in [-0.15, -0.1) is 0 Å². The summed E-state index contributed by atoms with van der Waals surface area (Å²) in [5.74, 6) is 0.791. The Morgan fingerprint density at radius 2 is 2.36 bits per heavy atom. The van der Waals surface area contributed by atoms with Gasteiger partial charge in [0.15, 0.2) is 5.96 Å². The first-order chi connectivity index (χ1) is 6.61. The monoisotopic (exact) mass is 198 g/mol. The van der Waals surface area contributed by atoms with E-state index < -0.39 is 0 Å². The molecular formula is C9H18N4O. The molecule has 0 bridgehead atoms. The highest BCUT2D eigenvalue weighted by Gasteiger charge is 2.16. The van der Waals surface area contributed by atoms with Crippen LogP contribution >= 0.6 is 0 Å². The van der Waals surface area contributed by atoms with E-state index in [4.69, 9.17) is 0 Å². The fourth-order valence-corrected chi connectivity index (χ4v) is 1.28. The molecule has 0 spiro atoms. The SMILES string of the molecule is CC(NC1=NCCCN1)C(=O)N(C)C. The van der Waals surface area contributed by atoms with Crippen LogP contribution in [0.3, 0.4) is 0 Å². The summed E-state index contributed by atoms with van der Waals surface area (Å²) in [6, 6.07) is -0.227. The standard InChI is InChI=1S/C9H18N4O/c1-7(8(14)13(2)3)12-9-10-5-4-6-11-9/h7H,4-6H2,1-3H3,(H2,10,11,12). The highest BCUT2D eigenvalue weighted by molar-refractivity contribution is 5.88. The van der Waals surface area contributed by atoms with E-state index in [0.29, 0.717) is 0 Å². The zero-order chi connectivity index (χ0) is 10.6. The van der Waals surface area contributed by atoms with Crippen molar-refractivity contribution >= 4 is 11.9 Å². The van der Waals surface area contributed by atoms with E-state index in [2.05, 4.69) is 15.6 Å². The predicted molar refractivity (Wildman–Crippen MR) is 56.2 cm³/mol. The van der Waals surface area contributed by atoms with Gasteiger partial charge in [0.25, 0.3) is 0 Å². The second kappa shape index (κ2) is 4.83. The molecule has 0 aromatic heterocycles. The van der Waals surface area contributed by atoms with E-state index in [1.807, 2.05) is 6.92 Å². The lowest BCUT2D eigenvalue weighted by Crippen LogP contribution is -2.50. The summed E-state index contributed by atoms with van der Waals surface area (Å²) in [7, 11) is 3.49. The third kappa shape index (κ3) is 2.90. The highest BCUT2D eigenvalue weighted by Crippen LogP contribution is 1.92. The first-order valence-electron chi connectivity index (χ1n) is 4.87. The number of guanidine groups is 1. The topological polar surface area (TPSA) is 56.7 Å². The largest absolute Gasteiger partial charge is 0.356 e. The quantitative estimate of drug-likeness (QED) is 0.623. The second-order valence-corrected chi connectivity index (χ2v) is 3.61. The normalized spacial score (nSPS) is 17.8. The number of carbonyl (C=O) groups excluding carboxylic acids is 1. The molecule has 1 rings (SSSR count). The van der Waals surface area contributed by atoms with E-state index >= 15 is 0 Å². The van der Waals surface area contributed by atoms with Crippen molar-refractivity contribution in [3.05, 3.63) is 0 Å². The molecule has 2 N–H and O–H groups in total. The molecule has 0 saturated carbocycles. The van der Waals surface area contributed by atoms with Crippen molar-refractivity contribution < 1.29 is 4.79 Å². The molecule has 0 fully saturated rings. The smallest absolute Gasteiger partial charge is 0.244 e. The minimum Gasteiger partial charge on any atom is -0.356 e. The summed E-state index contributed by atoms with van der Waals surface area (Å²) in [5, 5.41) is 6.16. The Labute approximate surface area is 84.6 Å². The van der Waals surface area contributed by atoms with Crippen LogP contribution in [0.2, 0.25) is 0 Å². The zero-order valence-electron chi connectivity index (χ0n) is 9.00. The van der Waals surface area contributed by atoms with E-state index in [9.17, 15) is 4.79 Å². The van der Waals surface area contributed by atoms with Crippen molar-refractivity contribution in [1.29, 1.82) is 0 Å². The molecule has 1 heterocycles.